The monoisotopic (exact) mass is 421 g/mol. The number of nitrogens with one attached hydrogen (secondary N) is 2. The predicted molar refractivity (Wildman–Crippen MR) is 124 cm³/mol. The summed E-state index contributed by atoms with van der Waals surface area (Å²) in [6.45, 7) is 6.15. The standard InChI is InChI=1S/C23H27N5OS/c1-14-2-7-19-20(24)21(30-23(19)26-14)22(29)27-17-5-3-16-13-18(6-4-15(16)12-17)28-10-8-25-9-11-28/h2,4,6-7,13,17,25H,3,5,8-12,24H2,1H3,(H,27,29)/t17-/m0/s1. The van der Waals surface area contributed by atoms with Crippen LogP contribution in [0.25, 0.3) is 10.2 Å². The van der Waals surface area contributed by atoms with Crippen LogP contribution >= 0.6 is 11.3 Å². The number of aryl methyl sites for hydroxylation is 2. The summed E-state index contributed by atoms with van der Waals surface area (Å²) in [5.41, 5.74) is 11.8. The molecule has 5 rings (SSSR count). The lowest BCUT2D eigenvalue weighted by molar-refractivity contribution is 0.0938. The number of pyridine rings is 1. The fourth-order valence-electron chi connectivity index (χ4n) is 4.49. The minimum Gasteiger partial charge on any atom is -0.397 e. The largest absolute Gasteiger partial charge is 0.397 e. The maximum Gasteiger partial charge on any atom is 0.263 e. The van der Waals surface area contributed by atoms with Gasteiger partial charge in [-0.05, 0) is 61.6 Å². The maximum atomic E-state index is 12.9. The number of aromatic nitrogens is 1. The van der Waals surface area contributed by atoms with E-state index in [1.807, 2.05) is 19.1 Å². The Hall–Kier alpha value is -2.64. The molecule has 1 saturated heterocycles. The van der Waals surface area contributed by atoms with Crippen molar-refractivity contribution in [1.29, 1.82) is 0 Å². The van der Waals surface area contributed by atoms with Gasteiger partial charge in [0, 0.05) is 49.0 Å². The van der Waals surface area contributed by atoms with Crippen LogP contribution in [0.5, 0.6) is 0 Å². The molecule has 0 spiro atoms. The van der Waals surface area contributed by atoms with Gasteiger partial charge in [-0.1, -0.05) is 6.07 Å². The Kier molecular flexibility index (Phi) is 5.08. The van der Waals surface area contributed by atoms with Gasteiger partial charge in [0.25, 0.3) is 5.91 Å². The highest BCUT2D eigenvalue weighted by Gasteiger charge is 2.24. The van der Waals surface area contributed by atoms with E-state index in [1.165, 1.54) is 28.2 Å². The molecule has 7 heteroatoms. The van der Waals surface area contributed by atoms with Gasteiger partial charge in [0.1, 0.15) is 9.71 Å². The molecule has 2 aliphatic rings. The molecule has 1 amide bonds. The number of nitrogens with two attached hydrogens (primary N) is 1. The summed E-state index contributed by atoms with van der Waals surface area (Å²) in [5, 5.41) is 7.49. The van der Waals surface area contributed by atoms with E-state index < -0.39 is 0 Å². The molecule has 2 aromatic heterocycles. The first kappa shape index (κ1) is 19.3. The van der Waals surface area contributed by atoms with Crippen molar-refractivity contribution in [3.8, 4) is 0 Å². The number of benzene rings is 1. The Morgan fingerprint density at radius 3 is 2.90 bits per heavy atom. The van der Waals surface area contributed by atoms with Crippen LogP contribution in [0.1, 0.15) is 32.9 Å². The number of nitrogens with zero attached hydrogens (tertiary/aromatic N) is 2. The first-order valence-corrected chi connectivity index (χ1v) is 11.4. The molecule has 3 heterocycles. The predicted octanol–water partition coefficient (Wildman–Crippen LogP) is 2.88. The molecule has 1 aliphatic heterocycles. The molecule has 6 nitrogen and oxygen atoms in total. The summed E-state index contributed by atoms with van der Waals surface area (Å²) in [5.74, 6) is -0.0842. The smallest absolute Gasteiger partial charge is 0.263 e. The molecule has 4 N–H and O–H groups in total. The zero-order valence-corrected chi connectivity index (χ0v) is 18.0. The molecule has 0 unspecified atom stereocenters. The quantitative estimate of drug-likeness (QED) is 0.606. The van der Waals surface area contributed by atoms with E-state index >= 15 is 0 Å². The Morgan fingerprint density at radius 2 is 2.07 bits per heavy atom. The van der Waals surface area contributed by atoms with Crippen molar-refractivity contribution >= 4 is 38.8 Å². The van der Waals surface area contributed by atoms with Gasteiger partial charge >= 0.3 is 0 Å². The van der Waals surface area contributed by atoms with Crippen molar-refractivity contribution in [2.24, 2.45) is 0 Å². The number of hydrogen-bond donors (Lipinski definition) is 3. The highest BCUT2D eigenvalue weighted by atomic mass is 32.1. The Morgan fingerprint density at radius 1 is 1.23 bits per heavy atom. The number of carbonyl (C=O) groups excluding carboxylic acids is 1. The number of thiophene rings is 1. The van der Waals surface area contributed by atoms with E-state index in [2.05, 4.69) is 38.7 Å². The van der Waals surface area contributed by atoms with Crippen molar-refractivity contribution in [3.05, 3.63) is 52.0 Å². The third kappa shape index (κ3) is 3.63. The van der Waals surface area contributed by atoms with E-state index in [-0.39, 0.29) is 11.9 Å². The highest BCUT2D eigenvalue weighted by Crippen LogP contribution is 2.33. The van der Waals surface area contributed by atoms with Gasteiger partial charge in [-0.2, -0.15) is 0 Å². The number of anilines is 2. The second-order valence-electron chi connectivity index (χ2n) is 8.25. The molecule has 30 heavy (non-hydrogen) atoms. The summed E-state index contributed by atoms with van der Waals surface area (Å²) < 4.78 is 0. The minimum atomic E-state index is -0.0842. The van der Waals surface area contributed by atoms with Gasteiger partial charge < -0.3 is 21.3 Å². The zero-order valence-electron chi connectivity index (χ0n) is 17.2. The second-order valence-corrected chi connectivity index (χ2v) is 9.25. The minimum absolute atomic E-state index is 0.0842. The molecule has 0 saturated carbocycles. The molecule has 1 aromatic carbocycles. The maximum absolute atomic E-state index is 12.9. The number of rotatable bonds is 3. The van der Waals surface area contributed by atoms with Gasteiger partial charge in [-0.3, -0.25) is 4.79 Å². The summed E-state index contributed by atoms with van der Waals surface area (Å²) in [7, 11) is 0. The molecule has 0 bridgehead atoms. The van der Waals surface area contributed by atoms with Gasteiger partial charge in [0.2, 0.25) is 0 Å². The van der Waals surface area contributed by atoms with Gasteiger partial charge in [-0.15, -0.1) is 11.3 Å². The molecular formula is C23H27N5OS. The molecule has 1 atom stereocenters. The van der Waals surface area contributed by atoms with E-state index in [9.17, 15) is 4.79 Å². The van der Waals surface area contributed by atoms with Crippen molar-refractivity contribution < 1.29 is 4.79 Å². The van der Waals surface area contributed by atoms with Crippen LogP contribution in [0.3, 0.4) is 0 Å². The molecule has 1 fully saturated rings. The van der Waals surface area contributed by atoms with E-state index in [0.29, 0.717) is 10.6 Å². The topological polar surface area (TPSA) is 83.3 Å². The Bertz CT molecular complexity index is 1100. The number of carbonyl (C=O) groups is 1. The summed E-state index contributed by atoms with van der Waals surface area (Å²) in [4.78, 5) is 21.3. The summed E-state index contributed by atoms with van der Waals surface area (Å²) >= 11 is 1.38. The van der Waals surface area contributed by atoms with Crippen LogP contribution in [0.2, 0.25) is 0 Å². The van der Waals surface area contributed by atoms with Crippen molar-refractivity contribution in [2.45, 2.75) is 32.2 Å². The highest BCUT2D eigenvalue weighted by molar-refractivity contribution is 7.21. The van der Waals surface area contributed by atoms with Crippen molar-refractivity contribution in [3.63, 3.8) is 0 Å². The van der Waals surface area contributed by atoms with Crippen molar-refractivity contribution in [2.75, 3.05) is 36.8 Å². The Balaban J connectivity index is 1.29. The normalized spacial score (nSPS) is 19.0. The number of fused-ring (bicyclic) bond motifs is 2. The third-order valence-electron chi connectivity index (χ3n) is 6.17. The molecular weight excluding hydrogens is 394 g/mol. The van der Waals surface area contributed by atoms with Crippen LogP contribution in [-0.2, 0) is 12.8 Å². The first-order valence-electron chi connectivity index (χ1n) is 10.6. The summed E-state index contributed by atoms with van der Waals surface area (Å²) in [6.07, 6.45) is 2.81. The van der Waals surface area contributed by atoms with Crippen LogP contribution in [-0.4, -0.2) is 43.1 Å². The molecule has 156 valence electrons. The first-order chi connectivity index (χ1) is 14.6. The van der Waals surface area contributed by atoms with Crippen molar-refractivity contribution in [1.82, 2.24) is 15.6 Å². The van der Waals surface area contributed by atoms with E-state index in [1.54, 1.807) is 0 Å². The lowest BCUT2D eigenvalue weighted by Gasteiger charge is -2.31. The fourth-order valence-corrected chi connectivity index (χ4v) is 5.54. The van der Waals surface area contributed by atoms with E-state index in [4.69, 9.17) is 5.73 Å². The summed E-state index contributed by atoms with van der Waals surface area (Å²) in [6, 6.07) is 10.8. The van der Waals surface area contributed by atoms with Crippen LogP contribution in [0.4, 0.5) is 11.4 Å². The average molecular weight is 422 g/mol. The lowest BCUT2D eigenvalue weighted by Crippen LogP contribution is -2.43. The zero-order chi connectivity index (χ0) is 20.7. The molecule has 0 radical (unpaired) electrons. The van der Waals surface area contributed by atoms with Gasteiger partial charge in [0.15, 0.2) is 0 Å². The average Bonchev–Trinajstić information content (AvgIpc) is 3.09. The van der Waals surface area contributed by atoms with Gasteiger partial charge in [-0.25, -0.2) is 4.98 Å². The number of hydrogen-bond acceptors (Lipinski definition) is 6. The van der Waals surface area contributed by atoms with Crippen LogP contribution in [0.15, 0.2) is 30.3 Å². The van der Waals surface area contributed by atoms with E-state index in [0.717, 1.165) is 61.4 Å². The van der Waals surface area contributed by atoms with Crippen LogP contribution < -0.4 is 21.3 Å². The Labute approximate surface area is 180 Å². The molecule has 1 aliphatic carbocycles. The second kappa shape index (κ2) is 7.89. The number of piperazine rings is 1. The SMILES string of the molecule is Cc1ccc2c(N)c(C(=O)N[C@H]3CCc4cc(N5CCNCC5)ccc4C3)sc2n1. The fraction of sp³-hybridized carbons (Fsp3) is 0.391. The van der Waals surface area contributed by atoms with Crippen LogP contribution in [0, 0.1) is 6.92 Å². The van der Waals surface area contributed by atoms with Gasteiger partial charge in [0.05, 0.1) is 5.69 Å². The number of amides is 1. The third-order valence-corrected chi connectivity index (χ3v) is 7.29. The number of nitrogen functional groups attached to an aromatic ring is 1. The lowest BCUT2D eigenvalue weighted by atomic mass is 9.87. The molecule has 3 aromatic rings.